The molecular weight excluding hydrogens is 431 g/mol. The molecule has 2 heterocycles. The third-order valence-corrected chi connectivity index (χ3v) is 6.10. The molecule has 31 heavy (non-hydrogen) atoms. The van der Waals surface area contributed by atoms with Gasteiger partial charge in [-0.05, 0) is 48.7 Å². The van der Waals surface area contributed by atoms with Crippen molar-refractivity contribution in [2.24, 2.45) is 0 Å². The highest BCUT2D eigenvalue weighted by atomic mass is 35.5. The molecule has 4 rings (SSSR count). The van der Waals surface area contributed by atoms with Crippen molar-refractivity contribution in [2.75, 3.05) is 19.8 Å². The Bertz CT molecular complexity index is 1150. The lowest BCUT2D eigenvalue weighted by atomic mass is 9.83. The molecule has 0 aromatic heterocycles. The van der Waals surface area contributed by atoms with E-state index in [4.69, 9.17) is 32.7 Å². The molecule has 2 aromatic carbocycles. The number of rotatable bonds is 6. The maximum Gasteiger partial charge on any atom is 0.225 e. The fraction of sp³-hybridized carbons (Fsp3) is 0.455. The molecule has 2 unspecified atom stereocenters. The minimum atomic E-state index is -3.13. The van der Waals surface area contributed by atoms with Crippen molar-refractivity contribution in [3.05, 3.63) is 63.9 Å². The summed E-state index contributed by atoms with van der Waals surface area (Å²) in [6.45, 7) is -7.20. The highest BCUT2D eigenvalue weighted by Crippen LogP contribution is 2.49. The Morgan fingerprint density at radius 1 is 1.26 bits per heavy atom. The first-order chi connectivity index (χ1) is 16.7. The number of halogens is 2. The van der Waals surface area contributed by atoms with Gasteiger partial charge in [0.25, 0.3) is 0 Å². The molecule has 2 fully saturated rings. The van der Waals surface area contributed by atoms with E-state index in [0.29, 0.717) is 11.1 Å². The van der Waals surface area contributed by atoms with Gasteiger partial charge in [-0.15, -0.1) is 0 Å². The third kappa shape index (κ3) is 3.62. The van der Waals surface area contributed by atoms with E-state index < -0.39 is 61.3 Å². The highest BCUT2D eigenvalue weighted by Gasteiger charge is 2.67. The van der Waals surface area contributed by atoms with Gasteiger partial charge >= 0.3 is 0 Å². The van der Waals surface area contributed by atoms with Crippen molar-refractivity contribution in [1.82, 2.24) is 0 Å². The predicted molar refractivity (Wildman–Crippen MR) is 108 cm³/mol. The SMILES string of the molecule is [2H]C([2H])([2H])C([2H])([2H])Oc1ccc(Cc2cc(C34OCC(CO)(O3)[C@@H](O)[C@H](O)[C@H]4O)ccc2Cl)cc1F. The lowest BCUT2D eigenvalue weighted by Crippen LogP contribution is -2.65. The number of hydrogen-bond acceptors (Lipinski definition) is 7. The van der Waals surface area contributed by atoms with Crippen molar-refractivity contribution < 1.29 is 45.9 Å². The summed E-state index contributed by atoms with van der Waals surface area (Å²) in [4.78, 5) is 0. The van der Waals surface area contributed by atoms with Crippen molar-refractivity contribution in [3.8, 4) is 5.75 Å². The summed E-state index contributed by atoms with van der Waals surface area (Å²) >= 11 is 6.33. The molecule has 0 radical (unpaired) electrons. The molecular formula is C22H24ClFO7. The molecule has 9 heteroatoms. The largest absolute Gasteiger partial charge is 0.491 e. The standard InChI is InChI=1S/C22H24ClFO7/c1-2-29-17-6-3-12(8-16(17)24)7-13-9-14(4-5-15(13)23)22-20(28)18(26)19(27)21(10-25,31-22)11-30-22/h3-6,8-9,18-20,25-28H,2,7,10-11H2,1H3/t18-,19-,20+,21?,22?/m0/s1/i1D3,2D2. The van der Waals surface area contributed by atoms with Gasteiger partial charge in [-0.2, -0.15) is 0 Å². The lowest BCUT2D eigenvalue weighted by molar-refractivity contribution is -0.329. The van der Waals surface area contributed by atoms with Gasteiger partial charge in [0.1, 0.15) is 23.9 Å². The Morgan fingerprint density at radius 3 is 2.77 bits per heavy atom. The van der Waals surface area contributed by atoms with Gasteiger partial charge in [-0.3, -0.25) is 0 Å². The first-order valence-corrected chi connectivity index (χ1v) is 9.79. The van der Waals surface area contributed by atoms with E-state index in [1.54, 1.807) is 0 Å². The van der Waals surface area contributed by atoms with Gasteiger partial charge in [0, 0.05) is 14.7 Å². The van der Waals surface area contributed by atoms with E-state index in [1.165, 1.54) is 24.3 Å². The Balaban J connectivity index is 1.62. The molecule has 4 N–H and O–H groups in total. The van der Waals surface area contributed by atoms with E-state index in [1.807, 2.05) is 0 Å². The normalized spacial score (nSPS) is 35.5. The second-order valence-corrected chi connectivity index (χ2v) is 8.02. The quantitative estimate of drug-likeness (QED) is 0.518. The molecule has 2 bridgehead atoms. The zero-order valence-corrected chi connectivity index (χ0v) is 16.8. The maximum atomic E-state index is 14.6. The molecule has 2 aromatic rings. The number of ether oxygens (including phenoxy) is 3. The summed E-state index contributed by atoms with van der Waals surface area (Å²) in [5.41, 5.74) is -0.585. The third-order valence-electron chi connectivity index (χ3n) is 5.73. The van der Waals surface area contributed by atoms with Crippen LogP contribution in [0.4, 0.5) is 4.39 Å². The van der Waals surface area contributed by atoms with E-state index in [0.717, 1.165) is 12.1 Å². The monoisotopic (exact) mass is 459 g/mol. The van der Waals surface area contributed by atoms with Crippen molar-refractivity contribution >= 4 is 11.6 Å². The number of hydrogen-bond donors (Lipinski definition) is 4. The topological polar surface area (TPSA) is 109 Å². The van der Waals surface area contributed by atoms with Crippen LogP contribution in [0.5, 0.6) is 5.75 Å². The average molecular weight is 460 g/mol. The number of benzene rings is 2. The van der Waals surface area contributed by atoms with Gasteiger partial charge < -0.3 is 34.6 Å². The van der Waals surface area contributed by atoms with Crippen molar-refractivity contribution in [1.29, 1.82) is 0 Å². The molecule has 168 valence electrons. The molecule has 2 saturated heterocycles. The summed E-state index contributed by atoms with van der Waals surface area (Å²) in [5.74, 6) is -3.46. The van der Waals surface area contributed by atoms with E-state index >= 15 is 0 Å². The fourth-order valence-corrected chi connectivity index (χ4v) is 4.20. The Hall–Kier alpha value is -1.78. The summed E-state index contributed by atoms with van der Waals surface area (Å²) in [5, 5.41) is 41.4. The Labute approximate surface area is 190 Å². The van der Waals surface area contributed by atoms with Crippen LogP contribution in [-0.2, 0) is 21.7 Å². The minimum absolute atomic E-state index is 0.0541. The van der Waals surface area contributed by atoms with Gasteiger partial charge in [0.05, 0.1) is 22.5 Å². The number of aliphatic hydroxyl groups is 4. The van der Waals surface area contributed by atoms with Gasteiger partial charge in [-0.25, -0.2) is 4.39 Å². The van der Waals surface area contributed by atoms with Crippen molar-refractivity contribution in [3.63, 3.8) is 0 Å². The predicted octanol–water partition coefficient (Wildman–Crippen LogP) is 1.50. The van der Waals surface area contributed by atoms with Crippen LogP contribution in [0.15, 0.2) is 36.4 Å². The van der Waals surface area contributed by atoms with E-state index in [2.05, 4.69) is 0 Å². The first kappa shape index (κ1) is 16.8. The Kier molecular flexibility index (Phi) is 4.49. The first-order valence-electron chi connectivity index (χ1n) is 11.9. The lowest BCUT2D eigenvalue weighted by Gasteiger charge is -2.46. The zero-order valence-electron chi connectivity index (χ0n) is 21.1. The van der Waals surface area contributed by atoms with Crippen LogP contribution in [0, 0.1) is 5.82 Å². The molecule has 2 aliphatic rings. The zero-order chi connectivity index (χ0) is 26.7. The van der Waals surface area contributed by atoms with Crippen LogP contribution in [0.3, 0.4) is 0 Å². The second-order valence-electron chi connectivity index (χ2n) is 7.61. The fourth-order valence-electron chi connectivity index (χ4n) is 4.01. The van der Waals surface area contributed by atoms with Gasteiger partial charge in [-0.1, -0.05) is 23.7 Å². The summed E-state index contributed by atoms with van der Waals surface area (Å²) in [7, 11) is 0. The van der Waals surface area contributed by atoms with Gasteiger partial charge in [0.2, 0.25) is 5.79 Å². The van der Waals surface area contributed by atoms with Crippen LogP contribution in [0.1, 0.15) is 30.4 Å². The van der Waals surface area contributed by atoms with E-state index in [-0.39, 0.29) is 23.6 Å². The van der Waals surface area contributed by atoms with E-state index in [9.17, 15) is 24.8 Å². The highest BCUT2D eigenvalue weighted by molar-refractivity contribution is 6.31. The molecule has 0 saturated carbocycles. The molecule has 5 atom stereocenters. The summed E-state index contributed by atoms with van der Waals surface area (Å²) in [6, 6.07) is 8.04. The van der Waals surface area contributed by atoms with Crippen LogP contribution in [0.25, 0.3) is 0 Å². The number of aliphatic hydroxyl groups excluding tert-OH is 4. The van der Waals surface area contributed by atoms with Gasteiger partial charge in [0.15, 0.2) is 11.6 Å². The smallest absolute Gasteiger partial charge is 0.225 e. The molecule has 0 amide bonds. The summed E-state index contributed by atoms with van der Waals surface area (Å²) in [6.07, 6.45) is -4.92. The Morgan fingerprint density at radius 2 is 2.06 bits per heavy atom. The molecule has 7 nitrogen and oxygen atoms in total. The molecule has 0 aliphatic carbocycles. The van der Waals surface area contributed by atoms with Crippen LogP contribution >= 0.6 is 11.6 Å². The van der Waals surface area contributed by atoms with Crippen LogP contribution in [-0.4, -0.2) is 64.1 Å². The molecule has 2 aliphatic heterocycles. The number of fused-ring (bicyclic) bond motifs is 2. The second kappa shape index (κ2) is 8.29. The molecule has 0 spiro atoms. The average Bonchev–Trinajstić information content (AvgIpc) is 3.19. The minimum Gasteiger partial charge on any atom is -0.491 e. The summed E-state index contributed by atoms with van der Waals surface area (Å²) < 4.78 is 67.5. The van der Waals surface area contributed by atoms with Crippen molar-refractivity contribution in [2.45, 2.75) is 43.0 Å². The van der Waals surface area contributed by atoms with Crippen LogP contribution < -0.4 is 4.74 Å². The van der Waals surface area contributed by atoms with Crippen LogP contribution in [0.2, 0.25) is 5.02 Å². The maximum absolute atomic E-state index is 14.6.